The first-order valence-electron chi connectivity index (χ1n) is 4.75. The number of benzene rings is 1. The molecular formula is C11H9FO4S. The summed E-state index contributed by atoms with van der Waals surface area (Å²) in [5.41, 5.74) is 0.981. The maximum absolute atomic E-state index is 13.6. The number of halogens is 1. The van der Waals surface area contributed by atoms with Gasteiger partial charge in [-0.05, 0) is 17.7 Å². The molecule has 1 aromatic rings. The van der Waals surface area contributed by atoms with Crippen LogP contribution in [0.15, 0.2) is 29.2 Å². The maximum atomic E-state index is 13.6. The van der Waals surface area contributed by atoms with E-state index in [1.807, 2.05) is 0 Å². The van der Waals surface area contributed by atoms with E-state index in [4.69, 9.17) is 0 Å². The lowest BCUT2D eigenvalue weighted by molar-refractivity contribution is -0.134. The van der Waals surface area contributed by atoms with Gasteiger partial charge in [0.15, 0.2) is 9.84 Å². The fraction of sp³-hybridized carbons (Fsp3) is 0.182. The minimum Gasteiger partial charge on any atom is -0.458 e. The quantitative estimate of drug-likeness (QED) is 0.745. The van der Waals surface area contributed by atoms with Gasteiger partial charge < -0.3 is 4.74 Å². The summed E-state index contributed by atoms with van der Waals surface area (Å²) in [7, 11) is -3.58. The van der Waals surface area contributed by atoms with Crippen molar-refractivity contribution in [3.8, 4) is 0 Å². The van der Waals surface area contributed by atoms with E-state index in [0.717, 1.165) is 12.3 Å². The molecule has 0 aliphatic carbocycles. The highest BCUT2D eigenvalue weighted by molar-refractivity contribution is 7.90. The van der Waals surface area contributed by atoms with Gasteiger partial charge in [0.1, 0.15) is 17.3 Å². The van der Waals surface area contributed by atoms with Gasteiger partial charge in [0.05, 0.1) is 0 Å². The second-order valence-corrected chi connectivity index (χ2v) is 5.68. The van der Waals surface area contributed by atoms with Crippen LogP contribution in [0.25, 0.3) is 5.57 Å². The summed E-state index contributed by atoms with van der Waals surface area (Å²) < 4.78 is 40.7. The fourth-order valence-corrected chi connectivity index (χ4v) is 2.27. The molecule has 1 aromatic carbocycles. The summed E-state index contributed by atoms with van der Waals surface area (Å²) in [6, 6.07) is 3.72. The van der Waals surface area contributed by atoms with Crippen LogP contribution >= 0.6 is 0 Å². The van der Waals surface area contributed by atoms with E-state index in [1.54, 1.807) is 0 Å². The zero-order valence-corrected chi connectivity index (χ0v) is 9.75. The molecule has 1 heterocycles. The van der Waals surface area contributed by atoms with Crippen molar-refractivity contribution in [2.75, 3.05) is 12.9 Å². The highest BCUT2D eigenvalue weighted by atomic mass is 32.2. The van der Waals surface area contributed by atoms with Crippen molar-refractivity contribution < 1.29 is 22.3 Å². The second kappa shape index (κ2) is 3.96. The van der Waals surface area contributed by atoms with Crippen LogP contribution in [0.2, 0.25) is 0 Å². The van der Waals surface area contributed by atoms with Crippen molar-refractivity contribution in [2.24, 2.45) is 0 Å². The van der Waals surface area contributed by atoms with Crippen LogP contribution in [0.4, 0.5) is 4.39 Å². The molecule has 0 radical (unpaired) electrons. The van der Waals surface area contributed by atoms with Gasteiger partial charge in [0.2, 0.25) is 0 Å². The molecule has 0 atom stereocenters. The van der Waals surface area contributed by atoms with E-state index in [-0.39, 0.29) is 11.5 Å². The molecule has 90 valence electrons. The molecule has 0 unspecified atom stereocenters. The Kier molecular flexibility index (Phi) is 2.74. The van der Waals surface area contributed by atoms with Gasteiger partial charge in [-0.1, -0.05) is 6.07 Å². The van der Waals surface area contributed by atoms with Crippen LogP contribution < -0.4 is 0 Å². The lowest BCUT2D eigenvalue weighted by Crippen LogP contribution is -2.01. The number of hydrogen-bond donors (Lipinski definition) is 0. The third-order valence-electron chi connectivity index (χ3n) is 2.36. The average molecular weight is 256 g/mol. The van der Waals surface area contributed by atoms with Crippen LogP contribution in [0.5, 0.6) is 0 Å². The van der Waals surface area contributed by atoms with Gasteiger partial charge in [-0.25, -0.2) is 17.6 Å². The Morgan fingerprint density at radius 1 is 1.35 bits per heavy atom. The number of ether oxygens (including phenoxy) is 1. The Hall–Kier alpha value is -1.69. The van der Waals surface area contributed by atoms with Crippen molar-refractivity contribution in [1.29, 1.82) is 0 Å². The summed E-state index contributed by atoms with van der Waals surface area (Å²) in [5, 5.41) is 0. The first-order chi connectivity index (χ1) is 7.88. The topological polar surface area (TPSA) is 60.4 Å². The number of rotatable bonds is 2. The summed E-state index contributed by atoms with van der Waals surface area (Å²) in [6.07, 6.45) is 2.20. The molecule has 6 heteroatoms. The Morgan fingerprint density at radius 3 is 2.53 bits per heavy atom. The first-order valence-corrected chi connectivity index (χ1v) is 6.64. The van der Waals surface area contributed by atoms with Crippen molar-refractivity contribution in [3.05, 3.63) is 35.7 Å². The number of esters is 1. The molecule has 0 amide bonds. The minimum absolute atomic E-state index is 0.0799. The molecule has 1 aliphatic rings. The number of cyclic esters (lactones) is 1. The van der Waals surface area contributed by atoms with Crippen molar-refractivity contribution in [3.63, 3.8) is 0 Å². The normalized spacial score (nSPS) is 15.6. The predicted octanol–water partition coefficient (Wildman–Crippen LogP) is 1.17. The van der Waals surface area contributed by atoms with Gasteiger partial charge in [-0.3, -0.25) is 0 Å². The number of carbonyl (C=O) groups is 1. The molecule has 0 N–H and O–H groups in total. The third-order valence-corrected chi connectivity index (χ3v) is 3.49. The number of carbonyl (C=O) groups excluding carboxylic acids is 1. The van der Waals surface area contributed by atoms with Gasteiger partial charge in [0, 0.05) is 17.9 Å². The molecule has 0 spiro atoms. The highest BCUT2D eigenvalue weighted by Gasteiger charge is 2.18. The molecule has 4 nitrogen and oxygen atoms in total. The second-order valence-electron chi connectivity index (χ2n) is 3.69. The summed E-state index contributed by atoms with van der Waals surface area (Å²) in [6.45, 7) is 0.0799. The maximum Gasteiger partial charge on any atom is 0.331 e. The Bertz CT molecular complexity index is 616. The van der Waals surface area contributed by atoms with Crippen molar-refractivity contribution >= 4 is 21.4 Å². The number of sulfone groups is 1. The van der Waals surface area contributed by atoms with E-state index >= 15 is 0 Å². The summed E-state index contributed by atoms with van der Waals surface area (Å²) >= 11 is 0. The van der Waals surface area contributed by atoms with E-state index in [2.05, 4.69) is 4.74 Å². The molecule has 1 aliphatic heterocycles. The van der Waals surface area contributed by atoms with Crippen LogP contribution in [-0.4, -0.2) is 27.2 Å². The summed E-state index contributed by atoms with van der Waals surface area (Å²) in [5.74, 6) is -1.31. The highest BCUT2D eigenvalue weighted by Crippen LogP contribution is 2.23. The summed E-state index contributed by atoms with van der Waals surface area (Å²) in [4.78, 5) is 10.5. The first kappa shape index (κ1) is 11.8. The zero-order valence-electron chi connectivity index (χ0n) is 8.94. The largest absolute Gasteiger partial charge is 0.458 e. The lowest BCUT2D eigenvalue weighted by atomic mass is 10.1. The molecule has 0 fully saturated rings. The van der Waals surface area contributed by atoms with E-state index in [0.29, 0.717) is 11.1 Å². The monoisotopic (exact) mass is 256 g/mol. The SMILES string of the molecule is CS(=O)(=O)c1ccc(C2=CC(=O)OC2)cc1F. The van der Waals surface area contributed by atoms with E-state index in [9.17, 15) is 17.6 Å². The van der Waals surface area contributed by atoms with Gasteiger partial charge in [-0.15, -0.1) is 0 Å². The smallest absolute Gasteiger partial charge is 0.331 e. The molecule has 0 saturated heterocycles. The molecular weight excluding hydrogens is 247 g/mol. The third kappa shape index (κ3) is 2.36. The van der Waals surface area contributed by atoms with Crippen LogP contribution in [-0.2, 0) is 19.4 Å². The average Bonchev–Trinajstić information content (AvgIpc) is 2.62. The van der Waals surface area contributed by atoms with Crippen LogP contribution in [0, 0.1) is 5.82 Å². The standard InChI is InChI=1S/C11H9FO4S/c1-17(14,15)10-3-2-7(4-9(10)12)8-5-11(13)16-6-8/h2-5H,6H2,1H3. The Balaban J connectivity index is 2.45. The van der Waals surface area contributed by atoms with Gasteiger partial charge in [-0.2, -0.15) is 0 Å². The van der Waals surface area contributed by atoms with Crippen molar-refractivity contribution in [1.82, 2.24) is 0 Å². The Morgan fingerprint density at radius 2 is 2.06 bits per heavy atom. The zero-order chi connectivity index (χ0) is 12.6. The molecule has 2 rings (SSSR count). The molecule has 0 bridgehead atoms. The minimum atomic E-state index is -3.58. The molecule has 0 aromatic heterocycles. The molecule has 17 heavy (non-hydrogen) atoms. The predicted molar refractivity (Wildman–Crippen MR) is 58.4 cm³/mol. The van der Waals surface area contributed by atoms with Crippen LogP contribution in [0.3, 0.4) is 0 Å². The molecule has 0 saturated carbocycles. The fourth-order valence-electron chi connectivity index (χ4n) is 1.54. The number of hydrogen-bond acceptors (Lipinski definition) is 4. The van der Waals surface area contributed by atoms with E-state index < -0.39 is 21.6 Å². The lowest BCUT2D eigenvalue weighted by Gasteiger charge is -2.04. The van der Waals surface area contributed by atoms with Crippen molar-refractivity contribution in [2.45, 2.75) is 4.90 Å². The van der Waals surface area contributed by atoms with Crippen LogP contribution in [0.1, 0.15) is 5.56 Å². The van der Waals surface area contributed by atoms with E-state index in [1.165, 1.54) is 18.2 Å². The van der Waals surface area contributed by atoms with Gasteiger partial charge in [0.25, 0.3) is 0 Å². The Labute approximate surface area is 97.6 Å². The van der Waals surface area contributed by atoms with Gasteiger partial charge >= 0.3 is 5.97 Å².